The molecule has 1 saturated heterocycles. The van der Waals surface area contributed by atoms with Gasteiger partial charge in [-0.2, -0.15) is 0 Å². The van der Waals surface area contributed by atoms with Crippen molar-refractivity contribution in [3.8, 4) is 5.75 Å². The molecule has 0 radical (unpaired) electrons. The smallest absolute Gasteiger partial charge is 0.167 e. The third-order valence-electron chi connectivity index (χ3n) is 3.52. The highest BCUT2D eigenvalue weighted by molar-refractivity contribution is 5.99. The van der Waals surface area contributed by atoms with Gasteiger partial charge in [0.2, 0.25) is 0 Å². The molecule has 1 aliphatic heterocycles. The molecule has 4 nitrogen and oxygen atoms in total. The summed E-state index contributed by atoms with van der Waals surface area (Å²) in [5, 5.41) is 3.31. The van der Waals surface area contributed by atoms with Gasteiger partial charge in [0.15, 0.2) is 5.78 Å². The van der Waals surface area contributed by atoms with E-state index in [4.69, 9.17) is 4.74 Å². The molecular formula is C15H22N2O2. The maximum atomic E-state index is 12.3. The van der Waals surface area contributed by atoms with Gasteiger partial charge in [-0.05, 0) is 19.1 Å². The molecule has 0 amide bonds. The van der Waals surface area contributed by atoms with Crippen LogP contribution in [0.25, 0.3) is 0 Å². The van der Waals surface area contributed by atoms with Gasteiger partial charge in [-0.25, -0.2) is 0 Å². The fraction of sp³-hybridized carbons (Fsp3) is 0.533. The third kappa shape index (κ3) is 3.78. The number of methoxy groups -OCH3 is 1. The number of nitrogens with zero attached hydrogens (tertiary/aromatic N) is 1. The van der Waals surface area contributed by atoms with E-state index in [2.05, 4.69) is 10.2 Å². The van der Waals surface area contributed by atoms with Crippen molar-refractivity contribution in [1.29, 1.82) is 0 Å². The number of hydrogen-bond acceptors (Lipinski definition) is 4. The molecule has 0 spiro atoms. The Labute approximate surface area is 114 Å². The Morgan fingerprint density at radius 2 is 2.11 bits per heavy atom. The molecule has 104 valence electrons. The van der Waals surface area contributed by atoms with Crippen LogP contribution in [0, 0.1) is 6.92 Å². The molecule has 1 aromatic rings. The van der Waals surface area contributed by atoms with Crippen LogP contribution < -0.4 is 10.1 Å². The first-order chi connectivity index (χ1) is 9.20. The van der Waals surface area contributed by atoms with Crippen molar-refractivity contribution in [2.24, 2.45) is 0 Å². The van der Waals surface area contributed by atoms with Gasteiger partial charge in [0.1, 0.15) is 5.75 Å². The van der Waals surface area contributed by atoms with Crippen LogP contribution in [0.1, 0.15) is 22.3 Å². The summed E-state index contributed by atoms with van der Waals surface area (Å²) in [7, 11) is 1.61. The lowest BCUT2D eigenvalue weighted by Gasteiger charge is -2.26. The monoisotopic (exact) mass is 262 g/mol. The lowest BCUT2D eigenvalue weighted by atomic mass is 10.0. The minimum atomic E-state index is 0.166. The van der Waals surface area contributed by atoms with E-state index >= 15 is 0 Å². The first kappa shape index (κ1) is 14.0. The lowest BCUT2D eigenvalue weighted by molar-refractivity contribution is 0.0957. The normalized spacial score (nSPS) is 16.3. The van der Waals surface area contributed by atoms with E-state index in [9.17, 15) is 4.79 Å². The van der Waals surface area contributed by atoms with Crippen LogP contribution in [0.5, 0.6) is 5.75 Å². The van der Waals surface area contributed by atoms with Crippen LogP contribution in [0.15, 0.2) is 18.2 Å². The number of hydrogen-bond donors (Lipinski definition) is 1. The van der Waals surface area contributed by atoms with Gasteiger partial charge in [-0.15, -0.1) is 0 Å². The van der Waals surface area contributed by atoms with Crippen molar-refractivity contribution in [3.05, 3.63) is 29.3 Å². The highest BCUT2D eigenvalue weighted by Gasteiger charge is 2.15. The van der Waals surface area contributed by atoms with Crippen LogP contribution in [0.2, 0.25) is 0 Å². The average Bonchev–Trinajstić information content (AvgIpc) is 2.46. The van der Waals surface area contributed by atoms with E-state index < -0.39 is 0 Å². The molecule has 0 aliphatic carbocycles. The highest BCUT2D eigenvalue weighted by atomic mass is 16.5. The largest absolute Gasteiger partial charge is 0.496 e. The molecular weight excluding hydrogens is 240 g/mol. The SMILES string of the molecule is COc1ccc(C)cc1C(=O)CCN1CCNCC1. The standard InChI is InChI=1S/C15H22N2O2/c1-12-3-4-15(19-2)13(11-12)14(18)5-8-17-9-6-16-7-10-17/h3-4,11,16H,5-10H2,1-2H3. The molecule has 0 aromatic heterocycles. The van der Waals surface area contributed by atoms with E-state index in [-0.39, 0.29) is 5.78 Å². The number of carbonyl (C=O) groups is 1. The van der Waals surface area contributed by atoms with Crippen molar-refractivity contribution in [2.45, 2.75) is 13.3 Å². The summed E-state index contributed by atoms with van der Waals surface area (Å²) in [6, 6.07) is 5.75. The molecule has 0 unspecified atom stereocenters. The third-order valence-corrected chi connectivity index (χ3v) is 3.52. The number of piperazine rings is 1. The van der Waals surface area contributed by atoms with Gasteiger partial charge < -0.3 is 15.0 Å². The number of rotatable bonds is 5. The molecule has 2 rings (SSSR count). The average molecular weight is 262 g/mol. The van der Waals surface area contributed by atoms with Crippen molar-refractivity contribution in [3.63, 3.8) is 0 Å². The number of ketones is 1. The zero-order valence-electron chi connectivity index (χ0n) is 11.7. The Bertz CT molecular complexity index is 440. The summed E-state index contributed by atoms with van der Waals surface area (Å²) in [5.74, 6) is 0.843. The number of benzene rings is 1. The number of ether oxygens (including phenoxy) is 1. The molecule has 19 heavy (non-hydrogen) atoms. The maximum Gasteiger partial charge on any atom is 0.167 e. The van der Waals surface area contributed by atoms with Crippen LogP contribution in [0.4, 0.5) is 0 Å². The first-order valence-electron chi connectivity index (χ1n) is 6.81. The van der Waals surface area contributed by atoms with Gasteiger partial charge in [0.25, 0.3) is 0 Å². The van der Waals surface area contributed by atoms with Gasteiger partial charge in [0, 0.05) is 39.1 Å². The summed E-state index contributed by atoms with van der Waals surface area (Å²) in [5.41, 5.74) is 1.80. The summed E-state index contributed by atoms with van der Waals surface area (Å²) >= 11 is 0. The molecule has 1 aromatic carbocycles. The van der Waals surface area contributed by atoms with E-state index in [0.717, 1.165) is 38.3 Å². The highest BCUT2D eigenvalue weighted by Crippen LogP contribution is 2.21. The second-order valence-corrected chi connectivity index (χ2v) is 4.97. The fourth-order valence-corrected chi connectivity index (χ4v) is 2.37. The van der Waals surface area contributed by atoms with Crippen LogP contribution in [0.3, 0.4) is 0 Å². The minimum Gasteiger partial charge on any atom is -0.496 e. The van der Waals surface area contributed by atoms with E-state index in [1.807, 2.05) is 25.1 Å². The zero-order chi connectivity index (χ0) is 13.7. The predicted octanol–water partition coefficient (Wildman–Crippen LogP) is 1.48. The Morgan fingerprint density at radius 3 is 2.79 bits per heavy atom. The van der Waals surface area contributed by atoms with Gasteiger partial charge in [-0.3, -0.25) is 4.79 Å². The topological polar surface area (TPSA) is 41.6 Å². The quantitative estimate of drug-likeness (QED) is 0.816. The zero-order valence-corrected chi connectivity index (χ0v) is 11.7. The van der Waals surface area contributed by atoms with Crippen molar-refractivity contribution >= 4 is 5.78 Å². The van der Waals surface area contributed by atoms with Gasteiger partial charge in [-0.1, -0.05) is 11.6 Å². The number of Topliss-reactive ketones (excluding diaryl/α,β-unsaturated/α-hetero) is 1. The number of aryl methyl sites for hydroxylation is 1. The molecule has 0 bridgehead atoms. The van der Waals surface area contributed by atoms with Crippen LogP contribution in [-0.4, -0.2) is 50.5 Å². The van der Waals surface area contributed by atoms with Crippen molar-refractivity contribution < 1.29 is 9.53 Å². The van der Waals surface area contributed by atoms with Crippen LogP contribution in [-0.2, 0) is 0 Å². The predicted molar refractivity (Wildman–Crippen MR) is 76.0 cm³/mol. The summed E-state index contributed by atoms with van der Waals surface area (Å²) < 4.78 is 5.27. The Hall–Kier alpha value is -1.39. The number of carbonyl (C=O) groups excluding carboxylic acids is 1. The Morgan fingerprint density at radius 1 is 1.37 bits per heavy atom. The maximum absolute atomic E-state index is 12.3. The molecule has 4 heteroatoms. The first-order valence-corrected chi connectivity index (χ1v) is 6.81. The fourth-order valence-electron chi connectivity index (χ4n) is 2.37. The molecule has 1 N–H and O–H groups in total. The summed E-state index contributed by atoms with van der Waals surface area (Å²) in [4.78, 5) is 14.6. The molecule has 0 saturated carbocycles. The second kappa shape index (κ2) is 6.68. The summed E-state index contributed by atoms with van der Waals surface area (Å²) in [6.07, 6.45) is 0.555. The summed E-state index contributed by atoms with van der Waals surface area (Å²) in [6.45, 7) is 6.91. The van der Waals surface area contributed by atoms with E-state index in [0.29, 0.717) is 17.7 Å². The number of nitrogens with one attached hydrogen (secondary N) is 1. The molecule has 1 fully saturated rings. The minimum absolute atomic E-state index is 0.166. The molecule has 0 atom stereocenters. The second-order valence-electron chi connectivity index (χ2n) is 4.97. The lowest BCUT2D eigenvalue weighted by Crippen LogP contribution is -2.44. The van der Waals surface area contributed by atoms with Crippen molar-refractivity contribution in [2.75, 3.05) is 39.8 Å². The van der Waals surface area contributed by atoms with E-state index in [1.54, 1.807) is 7.11 Å². The van der Waals surface area contributed by atoms with Crippen LogP contribution >= 0.6 is 0 Å². The Balaban J connectivity index is 1.97. The molecule has 1 aliphatic rings. The van der Waals surface area contributed by atoms with Gasteiger partial charge >= 0.3 is 0 Å². The Kier molecular flexibility index (Phi) is 4.93. The van der Waals surface area contributed by atoms with Crippen molar-refractivity contribution in [1.82, 2.24) is 10.2 Å². The van der Waals surface area contributed by atoms with Gasteiger partial charge in [0.05, 0.1) is 12.7 Å². The molecule has 1 heterocycles. The van der Waals surface area contributed by atoms with E-state index in [1.165, 1.54) is 0 Å².